The number of sulfonamides is 1. The summed E-state index contributed by atoms with van der Waals surface area (Å²) in [5.41, 5.74) is -1.24. The zero-order valence-electron chi connectivity index (χ0n) is 15.2. The van der Waals surface area contributed by atoms with Gasteiger partial charge in [0.15, 0.2) is 5.54 Å². The van der Waals surface area contributed by atoms with E-state index in [2.05, 4.69) is 5.32 Å². The zero-order chi connectivity index (χ0) is 19.7. The number of carboxylic acids is 1. The monoisotopic (exact) mass is 396 g/mol. The standard InChI is InChI=1S/C18H24N2O6S/c1-13-4-2-3-10-20(13)27(24,25)15-7-5-14(6-8-15)16(21)19-18(17(22)23)9-11-26-12-18/h5-8,13H,2-4,9-12H2,1H3,(H,19,21)(H,22,23). The Bertz CT molecular complexity index is 815. The number of amides is 1. The van der Waals surface area contributed by atoms with Crippen molar-refractivity contribution in [1.82, 2.24) is 9.62 Å². The average Bonchev–Trinajstić information content (AvgIpc) is 3.12. The van der Waals surface area contributed by atoms with Gasteiger partial charge in [-0.2, -0.15) is 4.31 Å². The first kappa shape index (κ1) is 19.8. The fourth-order valence-corrected chi connectivity index (χ4v) is 5.22. The average molecular weight is 396 g/mol. The minimum absolute atomic E-state index is 0.0514. The molecular formula is C18H24N2O6S. The molecule has 2 unspecified atom stereocenters. The van der Waals surface area contributed by atoms with Crippen LogP contribution in [0, 0.1) is 0 Å². The molecule has 0 aromatic heterocycles. The van der Waals surface area contributed by atoms with Crippen LogP contribution in [0.15, 0.2) is 29.2 Å². The van der Waals surface area contributed by atoms with Gasteiger partial charge in [0.2, 0.25) is 10.0 Å². The highest BCUT2D eigenvalue weighted by molar-refractivity contribution is 7.89. The van der Waals surface area contributed by atoms with E-state index in [1.54, 1.807) is 0 Å². The normalized spacial score (nSPS) is 26.6. The summed E-state index contributed by atoms with van der Waals surface area (Å²) in [6.45, 7) is 2.56. The highest BCUT2D eigenvalue weighted by Gasteiger charge is 2.44. The minimum Gasteiger partial charge on any atom is -0.479 e. The van der Waals surface area contributed by atoms with Gasteiger partial charge in [0.05, 0.1) is 11.5 Å². The topological polar surface area (TPSA) is 113 Å². The van der Waals surface area contributed by atoms with Gasteiger partial charge < -0.3 is 15.2 Å². The van der Waals surface area contributed by atoms with E-state index in [1.807, 2.05) is 6.92 Å². The van der Waals surface area contributed by atoms with E-state index in [4.69, 9.17) is 4.74 Å². The lowest BCUT2D eigenvalue weighted by Crippen LogP contribution is -2.55. The number of hydrogen-bond acceptors (Lipinski definition) is 5. The lowest BCUT2D eigenvalue weighted by Gasteiger charge is -2.32. The summed E-state index contributed by atoms with van der Waals surface area (Å²) in [5, 5.41) is 11.9. The van der Waals surface area contributed by atoms with Crippen LogP contribution in [-0.4, -0.2) is 61.0 Å². The Labute approximate surface area is 158 Å². The summed E-state index contributed by atoms with van der Waals surface area (Å²) in [4.78, 5) is 24.1. The summed E-state index contributed by atoms with van der Waals surface area (Å²) in [7, 11) is -3.61. The van der Waals surface area contributed by atoms with Crippen LogP contribution in [0.1, 0.15) is 43.0 Å². The molecule has 2 aliphatic rings. The molecule has 2 atom stereocenters. The van der Waals surface area contributed by atoms with Crippen LogP contribution in [0.2, 0.25) is 0 Å². The van der Waals surface area contributed by atoms with Crippen molar-refractivity contribution < 1.29 is 27.9 Å². The first-order chi connectivity index (χ1) is 12.8. The van der Waals surface area contributed by atoms with Gasteiger partial charge in [-0.25, -0.2) is 13.2 Å². The van der Waals surface area contributed by atoms with E-state index < -0.39 is 27.4 Å². The molecule has 0 saturated carbocycles. The Kier molecular flexibility index (Phi) is 5.55. The molecular weight excluding hydrogens is 372 g/mol. The van der Waals surface area contributed by atoms with Gasteiger partial charge in [0.1, 0.15) is 0 Å². The fourth-order valence-electron chi connectivity index (χ4n) is 3.52. The third kappa shape index (κ3) is 3.85. The largest absolute Gasteiger partial charge is 0.479 e. The molecule has 1 amide bonds. The predicted molar refractivity (Wildman–Crippen MR) is 96.9 cm³/mol. The number of piperidine rings is 1. The van der Waals surface area contributed by atoms with Crippen LogP contribution in [0.5, 0.6) is 0 Å². The lowest BCUT2D eigenvalue weighted by molar-refractivity contribution is -0.144. The van der Waals surface area contributed by atoms with Gasteiger partial charge in [-0.15, -0.1) is 0 Å². The molecule has 2 heterocycles. The van der Waals surface area contributed by atoms with Crippen LogP contribution >= 0.6 is 0 Å². The third-order valence-corrected chi connectivity index (χ3v) is 7.28. The summed E-state index contributed by atoms with van der Waals surface area (Å²) < 4.78 is 32.3. The molecule has 148 valence electrons. The van der Waals surface area contributed by atoms with Crippen LogP contribution in [0.3, 0.4) is 0 Å². The molecule has 2 N–H and O–H groups in total. The molecule has 0 aliphatic carbocycles. The highest BCUT2D eigenvalue weighted by atomic mass is 32.2. The molecule has 3 rings (SSSR count). The van der Waals surface area contributed by atoms with Crippen molar-refractivity contribution in [3.8, 4) is 0 Å². The quantitative estimate of drug-likeness (QED) is 0.774. The molecule has 2 saturated heterocycles. The summed E-state index contributed by atoms with van der Waals surface area (Å²) in [6, 6.07) is 5.54. The highest BCUT2D eigenvalue weighted by Crippen LogP contribution is 2.25. The number of carbonyl (C=O) groups is 2. The SMILES string of the molecule is CC1CCCCN1S(=O)(=O)c1ccc(C(=O)NC2(C(=O)O)CCOC2)cc1. The number of hydrogen-bond donors (Lipinski definition) is 2. The maximum atomic E-state index is 12.8. The number of carbonyl (C=O) groups excluding carboxylic acids is 1. The third-order valence-electron chi connectivity index (χ3n) is 5.25. The molecule has 27 heavy (non-hydrogen) atoms. The van der Waals surface area contributed by atoms with Crippen LogP contribution in [0.25, 0.3) is 0 Å². The van der Waals surface area contributed by atoms with Gasteiger partial charge in [0.25, 0.3) is 5.91 Å². The van der Waals surface area contributed by atoms with Crippen molar-refractivity contribution in [1.29, 1.82) is 0 Å². The number of nitrogens with one attached hydrogen (secondary N) is 1. The number of nitrogens with zero attached hydrogens (tertiary/aromatic N) is 1. The zero-order valence-corrected chi connectivity index (χ0v) is 16.0. The summed E-state index contributed by atoms with van der Waals surface area (Å²) >= 11 is 0. The van der Waals surface area contributed by atoms with Crippen molar-refractivity contribution in [2.45, 2.75) is 49.1 Å². The van der Waals surface area contributed by atoms with Crippen molar-refractivity contribution in [3.05, 3.63) is 29.8 Å². The van der Waals surface area contributed by atoms with E-state index in [0.717, 1.165) is 19.3 Å². The first-order valence-electron chi connectivity index (χ1n) is 9.02. The molecule has 9 heteroatoms. The number of ether oxygens (including phenoxy) is 1. The molecule has 8 nitrogen and oxygen atoms in total. The molecule has 2 aliphatic heterocycles. The second kappa shape index (κ2) is 7.57. The summed E-state index contributed by atoms with van der Waals surface area (Å²) in [5.74, 6) is -1.72. The first-order valence-corrected chi connectivity index (χ1v) is 10.5. The van der Waals surface area contributed by atoms with Gasteiger partial charge >= 0.3 is 5.97 Å². The molecule has 0 radical (unpaired) electrons. The minimum atomic E-state index is -3.61. The Balaban J connectivity index is 1.76. The van der Waals surface area contributed by atoms with Crippen molar-refractivity contribution in [2.24, 2.45) is 0 Å². The van der Waals surface area contributed by atoms with Crippen molar-refractivity contribution in [3.63, 3.8) is 0 Å². The van der Waals surface area contributed by atoms with Crippen molar-refractivity contribution >= 4 is 21.9 Å². The second-order valence-corrected chi connectivity index (χ2v) is 9.02. The van der Waals surface area contributed by atoms with E-state index in [-0.39, 0.29) is 36.1 Å². The molecule has 1 aromatic rings. The van der Waals surface area contributed by atoms with Gasteiger partial charge in [-0.3, -0.25) is 4.79 Å². The van der Waals surface area contributed by atoms with Crippen LogP contribution < -0.4 is 5.32 Å². The van der Waals surface area contributed by atoms with E-state index in [9.17, 15) is 23.1 Å². The van der Waals surface area contributed by atoms with Gasteiger partial charge in [0, 0.05) is 31.2 Å². The maximum absolute atomic E-state index is 12.8. The van der Waals surface area contributed by atoms with Crippen LogP contribution in [-0.2, 0) is 19.6 Å². The van der Waals surface area contributed by atoms with E-state index in [0.29, 0.717) is 6.54 Å². The molecule has 0 bridgehead atoms. The Hall–Kier alpha value is -1.97. The Morgan fingerprint density at radius 2 is 1.96 bits per heavy atom. The fraction of sp³-hybridized carbons (Fsp3) is 0.556. The smallest absolute Gasteiger partial charge is 0.331 e. The number of carboxylic acid groups (broad SMARTS) is 1. The van der Waals surface area contributed by atoms with Crippen LogP contribution in [0.4, 0.5) is 0 Å². The second-order valence-electron chi connectivity index (χ2n) is 7.13. The lowest BCUT2D eigenvalue weighted by atomic mass is 9.98. The van der Waals surface area contributed by atoms with E-state index in [1.165, 1.54) is 28.6 Å². The number of aliphatic carboxylic acids is 1. The van der Waals surface area contributed by atoms with E-state index >= 15 is 0 Å². The Morgan fingerprint density at radius 1 is 1.26 bits per heavy atom. The molecule has 1 aromatic carbocycles. The molecule has 2 fully saturated rings. The maximum Gasteiger partial charge on any atom is 0.331 e. The van der Waals surface area contributed by atoms with Gasteiger partial charge in [-0.1, -0.05) is 6.42 Å². The predicted octanol–water partition coefficient (Wildman–Crippen LogP) is 1.22. The van der Waals surface area contributed by atoms with Crippen molar-refractivity contribution in [2.75, 3.05) is 19.8 Å². The molecule has 0 spiro atoms. The number of benzene rings is 1. The number of rotatable bonds is 5. The van der Waals surface area contributed by atoms with Gasteiger partial charge in [-0.05, 0) is 44.0 Å². The Morgan fingerprint density at radius 3 is 2.52 bits per heavy atom. The summed E-state index contributed by atoms with van der Waals surface area (Å²) in [6.07, 6.45) is 2.87.